The standard InChI is InChI=1S/C17H14N4O6.C17H18N4O2.C12H8N2O6.C6H8ClN.ClH/c22-20(23)13-1-6-17(16(11-13)21(24)25)27-15-4-2-14(3-5-15)26-10-8-12-7-9-18-19-12;18-12-1-6-17(16(19)11-12)23-15-4-2-14(3-5-15)22-10-8-13-7-9-20-21-13;15-9-2-4-10(5-3-9)20-12-6-1-8(13(16)17)7-11(12)14(18)19;7-3-1-6-2-4-8-5-6;/h1-7,9,11H,8,10H2,(H,18,19);1-7,9,11H,8,10,18-19H2,(H,20,21);1-7,15H;2,4-5,8H,1,3H2;1H/p-1. The number of nitrogens with zero attached hydrogens (tertiary/aromatic N) is 6. The van der Waals surface area contributed by atoms with E-state index >= 15 is 0 Å². The van der Waals surface area contributed by atoms with Crippen molar-refractivity contribution in [2.24, 2.45) is 0 Å². The van der Waals surface area contributed by atoms with Gasteiger partial charge in [-0.25, -0.2) is 0 Å². The van der Waals surface area contributed by atoms with Gasteiger partial charge < -0.3 is 57.6 Å². The minimum absolute atomic E-state index is 0. The molecule has 0 saturated heterocycles. The SMILES string of the molecule is ClCCc1cc[nH]c1.Nc1ccc(Oc2ccc(OCCc3ccn[nH]3)cc2)c(N)c1.O=[N+]([O-])c1ccc(Oc2ccc(O)cc2)c([N+](=O)[O-])c1.O=[N+]([O-])c1ccc(Oc2ccc(OCCc3ccn[nH]3)cc2)c([N+](=O)[O-])c1.[Cl-]. The van der Waals surface area contributed by atoms with Crippen LogP contribution in [0.25, 0.3) is 0 Å². The predicted molar refractivity (Wildman–Crippen MR) is 287 cm³/mol. The number of non-ortho nitro benzene ring substituents is 2. The lowest BCUT2D eigenvalue weighted by atomic mass is 10.2. The summed E-state index contributed by atoms with van der Waals surface area (Å²) < 4.78 is 27.8. The predicted octanol–water partition coefficient (Wildman–Crippen LogP) is 8.43. The number of phenolic OH excluding ortho intramolecular Hbond substituents is 1. The number of rotatable bonds is 20. The van der Waals surface area contributed by atoms with Crippen molar-refractivity contribution >= 4 is 45.7 Å². The van der Waals surface area contributed by atoms with Crippen LogP contribution in [0.5, 0.6) is 51.7 Å². The van der Waals surface area contributed by atoms with E-state index in [1.165, 1.54) is 35.9 Å². The van der Waals surface area contributed by atoms with Crippen molar-refractivity contribution in [2.45, 2.75) is 19.3 Å². The van der Waals surface area contributed by atoms with E-state index in [0.29, 0.717) is 59.9 Å². The van der Waals surface area contributed by atoms with Crippen molar-refractivity contribution in [3.05, 3.63) is 228 Å². The number of hydrogen-bond acceptors (Lipinski definition) is 18. The fraction of sp³-hybridized carbons (Fsp3) is 0.115. The molecule has 3 aromatic heterocycles. The third kappa shape index (κ3) is 19.4. The maximum atomic E-state index is 11.1. The molecule has 0 radical (unpaired) electrons. The number of aromatic nitrogens is 5. The highest BCUT2D eigenvalue weighted by atomic mass is 35.5. The van der Waals surface area contributed by atoms with Crippen LogP contribution >= 0.6 is 11.6 Å². The molecule has 27 heteroatoms. The first-order chi connectivity index (χ1) is 37.6. The number of H-pyrrole nitrogens is 3. The van der Waals surface area contributed by atoms with Crippen molar-refractivity contribution in [1.29, 1.82) is 0 Å². The normalized spacial score (nSPS) is 10.1. The molecule has 0 saturated carbocycles. The summed E-state index contributed by atoms with van der Waals surface area (Å²) in [5.41, 5.74) is 14.2. The number of alkyl halides is 1. The number of nitrogens with one attached hydrogen (secondary N) is 3. The minimum atomic E-state index is -0.761. The second-order valence-corrected chi connectivity index (χ2v) is 16.3. The van der Waals surface area contributed by atoms with Gasteiger partial charge in [0.15, 0.2) is 0 Å². The first-order valence-electron chi connectivity index (χ1n) is 23.1. The highest BCUT2D eigenvalue weighted by molar-refractivity contribution is 6.18. The van der Waals surface area contributed by atoms with Crippen LogP contribution in [-0.2, 0) is 19.3 Å². The molecule has 0 aliphatic heterocycles. The molecule has 6 aromatic carbocycles. The molecule has 0 bridgehead atoms. The largest absolute Gasteiger partial charge is 1.00 e. The molecular formula is C52H48Cl2N11O14-. The molecular weight excluding hydrogens is 1070 g/mol. The van der Waals surface area contributed by atoms with Gasteiger partial charge in [0.25, 0.3) is 11.4 Å². The van der Waals surface area contributed by atoms with Crippen LogP contribution in [0.1, 0.15) is 17.0 Å². The Labute approximate surface area is 459 Å². The topological polar surface area (TPSA) is 364 Å². The minimum Gasteiger partial charge on any atom is -1.00 e. The molecule has 0 aliphatic rings. The molecule has 0 unspecified atom stereocenters. The molecule has 3 heterocycles. The number of benzene rings is 6. The van der Waals surface area contributed by atoms with Gasteiger partial charge in [-0.1, -0.05) is 0 Å². The number of aromatic amines is 3. The third-order valence-electron chi connectivity index (χ3n) is 10.3. The fourth-order valence-electron chi connectivity index (χ4n) is 6.49. The highest BCUT2D eigenvalue weighted by Crippen LogP contribution is 2.36. The molecule has 9 aromatic rings. The van der Waals surface area contributed by atoms with Crippen LogP contribution in [0.4, 0.5) is 34.1 Å². The first-order valence-corrected chi connectivity index (χ1v) is 23.6. The van der Waals surface area contributed by atoms with E-state index in [1.807, 2.05) is 54.9 Å². The zero-order chi connectivity index (χ0) is 55.8. The van der Waals surface area contributed by atoms with Crippen LogP contribution in [0.2, 0.25) is 0 Å². The molecule has 25 nitrogen and oxygen atoms in total. The van der Waals surface area contributed by atoms with E-state index in [0.717, 1.165) is 60.3 Å². The van der Waals surface area contributed by atoms with Crippen LogP contribution in [0, 0.1) is 40.5 Å². The monoisotopic (exact) mass is 1120 g/mol. The number of phenols is 1. The number of nitro benzene ring substituents is 4. The molecule has 8 N–H and O–H groups in total. The average Bonchev–Trinajstić information content (AvgIpc) is 4.27. The number of nitrogen functional groups attached to an aromatic ring is 2. The summed E-state index contributed by atoms with van der Waals surface area (Å²) >= 11 is 5.48. The maximum absolute atomic E-state index is 11.1. The van der Waals surface area contributed by atoms with Crippen molar-refractivity contribution in [2.75, 3.05) is 30.6 Å². The van der Waals surface area contributed by atoms with Gasteiger partial charge in [-0.3, -0.25) is 50.7 Å². The van der Waals surface area contributed by atoms with Gasteiger partial charge >= 0.3 is 11.4 Å². The molecule has 0 fully saturated rings. The molecule has 9 rings (SSSR count). The Morgan fingerprint density at radius 3 is 1.33 bits per heavy atom. The number of nitrogens with two attached hydrogens (primary N) is 2. The van der Waals surface area contributed by atoms with Crippen LogP contribution in [0.3, 0.4) is 0 Å². The lowest BCUT2D eigenvalue weighted by molar-refractivity contribution is -0.394. The maximum Gasteiger partial charge on any atom is 0.318 e. The van der Waals surface area contributed by atoms with Crippen molar-refractivity contribution in [1.82, 2.24) is 25.4 Å². The zero-order valence-electron chi connectivity index (χ0n) is 41.3. The molecule has 79 heavy (non-hydrogen) atoms. The summed E-state index contributed by atoms with van der Waals surface area (Å²) in [6.45, 7) is 1.03. The lowest BCUT2D eigenvalue weighted by Gasteiger charge is -2.10. The van der Waals surface area contributed by atoms with Crippen molar-refractivity contribution in [3.8, 4) is 51.7 Å². The number of aryl methyl sites for hydroxylation is 1. The van der Waals surface area contributed by atoms with Gasteiger partial charge in [-0.2, -0.15) is 10.2 Å². The van der Waals surface area contributed by atoms with E-state index < -0.39 is 36.8 Å². The third-order valence-corrected chi connectivity index (χ3v) is 10.5. The highest BCUT2D eigenvalue weighted by Gasteiger charge is 2.22. The first kappa shape index (κ1) is 59.5. The van der Waals surface area contributed by atoms with Gasteiger partial charge in [0.1, 0.15) is 40.2 Å². The number of nitro groups is 4. The van der Waals surface area contributed by atoms with Gasteiger partial charge in [0.05, 0.1) is 50.7 Å². The molecule has 0 aliphatic carbocycles. The number of aromatic hydroxyl groups is 1. The molecule has 0 amide bonds. The Morgan fingerprint density at radius 2 is 0.949 bits per heavy atom. The van der Waals surface area contributed by atoms with Crippen molar-refractivity contribution < 1.29 is 60.9 Å². The lowest BCUT2D eigenvalue weighted by Crippen LogP contribution is -3.00. The summed E-state index contributed by atoms with van der Waals surface area (Å²) in [6.07, 6.45) is 9.67. The van der Waals surface area contributed by atoms with E-state index in [1.54, 1.807) is 54.9 Å². The van der Waals surface area contributed by atoms with Gasteiger partial charge in [0.2, 0.25) is 11.5 Å². The molecule has 410 valence electrons. The Balaban J connectivity index is 0.000000204. The van der Waals surface area contributed by atoms with Crippen molar-refractivity contribution in [3.63, 3.8) is 0 Å². The van der Waals surface area contributed by atoms with E-state index in [4.69, 9.17) is 51.9 Å². The smallest absolute Gasteiger partial charge is 0.318 e. The van der Waals surface area contributed by atoms with Crippen LogP contribution in [-0.4, -0.2) is 69.3 Å². The van der Waals surface area contributed by atoms with Gasteiger partial charge in [-0.15, -0.1) is 11.6 Å². The van der Waals surface area contributed by atoms with E-state index in [2.05, 4.69) is 25.4 Å². The van der Waals surface area contributed by atoms with E-state index in [9.17, 15) is 40.5 Å². The summed E-state index contributed by atoms with van der Waals surface area (Å²) in [7, 11) is 0. The summed E-state index contributed by atoms with van der Waals surface area (Å²) in [4.78, 5) is 43.4. The fourth-order valence-corrected chi connectivity index (χ4v) is 6.71. The summed E-state index contributed by atoms with van der Waals surface area (Å²) in [6, 6.07) is 36.7. The molecule has 0 atom stereocenters. The van der Waals surface area contributed by atoms with Crippen LogP contribution in [0.15, 0.2) is 170 Å². The van der Waals surface area contributed by atoms with Gasteiger partial charge in [0, 0.05) is 72.7 Å². The Bertz CT molecular complexity index is 3340. The Morgan fingerprint density at radius 1 is 0.519 bits per heavy atom. The number of halogens is 2. The average molecular weight is 1120 g/mol. The number of hydrogen-bond donors (Lipinski definition) is 6. The Hall–Kier alpha value is -10.4. The van der Waals surface area contributed by atoms with E-state index in [-0.39, 0.29) is 41.1 Å². The van der Waals surface area contributed by atoms with Crippen LogP contribution < -0.4 is 47.6 Å². The second kappa shape index (κ2) is 30.2. The second-order valence-electron chi connectivity index (χ2n) is 15.9. The summed E-state index contributed by atoms with van der Waals surface area (Å²) in [5.74, 6) is 3.78. The number of ether oxygens (including phenoxy) is 5. The molecule has 0 spiro atoms. The summed E-state index contributed by atoms with van der Waals surface area (Å²) in [5, 5.41) is 66.0. The zero-order valence-corrected chi connectivity index (χ0v) is 42.8. The Kier molecular flexibility index (Phi) is 22.8. The van der Waals surface area contributed by atoms with Gasteiger partial charge in [-0.05, 0) is 133 Å². The quantitative estimate of drug-likeness (QED) is 0.0180. The number of anilines is 2.